The molecule has 13 heavy (non-hydrogen) atoms. The van der Waals surface area contributed by atoms with Crippen LogP contribution in [0.2, 0.25) is 0 Å². The molecule has 76 valence electrons. The van der Waals surface area contributed by atoms with Gasteiger partial charge in [0.25, 0.3) is 0 Å². The minimum absolute atomic E-state index is 0.0306. The number of nitrogens with two attached hydrogens (primary N) is 2. The molecule has 0 spiro atoms. The molecule has 0 rings (SSSR count). The largest absolute Gasteiger partial charge is 0.370 e. The fourth-order valence-electron chi connectivity index (χ4n) is 0.711. The lowest BCUT2D eigenvalue weighted by molar-refractivity contribution is 0.722. The SMILES string of the molecule is CCCN=C(N=C(N)N)NC(C)C. The van der Waals surface area contributed by atoms with E-state index in [4.69, 9.17) is 11.5 Å². The highest BCUT2D eigenvalue weighted by Gasteiger charge is 1.98. The molecule has 0 aliphatic carbocycles. The Labute approximate surface area is 79.3 Å². The van der Waals surface area contributed by atoms with E-state index in [0.29, 0.717) is 5.96 Å². The number of hydrogen-bond donors (Lipinski definition) is 3. The van der Waals surface area contributed by atoms with Crippen molar-refractivity contribution in [1.82, 2.24) is 5.32 Å². The van der Waals surface area contributed by atoms with E-state index in [-0.39, 0.29) is 12.0 Å². The third-order valence-corrected chi connectivity index (χ3v) is 1.14. The zero-order chi connectivity index (χ0) is 10.3. The third kappa shape index (κ3) is 7.11. The molecule has 5 heteroatoms. The summed E-state index contributed by atoms with van der Waals surface area (Å²) in [5, 5.41) is 3.05. The molecule has 0 aliphatic heterocycles. The Balaban J connectivity index is 4.27. The maximum atomic E-state index is 5.25. The normalized spacial score (nSPS) is 11.5. The molecular weight excluding hydrogens is 166 g/mol. The predicted molar refractivity (Wildman–Crippen MR) is 56.7 cm³/mol. The average Bonchev–Trinajstić information content (AvgIpc) is 1.98. The van der Waals surface area contributed by atoms with E-state index >= 15 is 0 Å². The number of rotatable bonds is 3. The van der Waals surface area contributed by atoms with Crippen molar-refractivity contribution in [2.24, 2.45) is 21.5 Å². The lowest BCUT2D eigenvalue weighted by Gasteiger charge is -2.08. The summed E-state index contributed by atoms with van der Waals surface area (Å²) >= 11 is 0. The molecule has 0 unspecified atom stereocenters. The standard InChI is InChI=1S/C8H19N5/c1-4-5-11-8(12-6(2)3)13-7(9)10/h6H,4-5H2,1-3H3,(H5,9,10,11,12,13). The van der Waals surface area contributed by atoms with E-state index in [9.17, 15) is 0 Å². The Morgan fingerprint density at radius 1 is 1.38 bits per heavy atom. The molecule has 0 aromatic rings. The molecule has 0 aromatic carbocycles. The number of guanidine groups is 2. The van der Waals surface area contributed by atoms with Gasteiger partial charge in [-0.15, -0.1) is 0 Å². The Hall–Kier alpha value is -1.26. The molecule has 5 N–H and O–H groups in total. The van der Waals surface area contributed by atoms with Crippen molar-refractivity contribution in [2.45, 2.75) is 33.2 Å². The minimum Gasteiger partial charge on any atom is -0.370 e. The summed E-state index contributed by atoms with van der Waals surface area (Å²) in [6.07, 6.45) is 0.975. The number of hydrogen-bond acceptors (Lipinski definition) is 1. The molecule has 0 aliphatic rings. The molecule has 0 saturated heterocycles. The Bertz CT molecular complexity index is 191. The predicted octanol–water partition coefficient (Wildman–Crippen LogP) is 0.0238. The zero-order valence-electron chi connectivity index (χ0n) is 8.54. The Kier molecular flexibility index (Phi) is 5.67. The van der Waals surface area contributed by atoms with E-state index in [1.165, 1.54) is 0 Å². The smallest absolute Gasteiger partial charge is 0.221 e. The van der Waals surface area contributed by atoms with Gasteiger partial charge in [0, 0.05) is 12.6 Å². The van der Waals surface area contributed by atoms with E-state index in [0.717, 1.165) is 13.0 Å². The molecule has 0 radical (unpaired) electrons. The minimum atomic E-state index is 0.0306. The summed E-state index contributed by atoms with van der Waals surface area (Å²) in [5.41, 5.74) is 10.5. The number of aliphatic imine (C=N–C) groups is 2. The van der Waals surface area contributed by atoms with Crippen molar-refractivity contribution in [3.8, 4) is 0 Å². The van der Waals surface area contributed by atoms with Crippen molar-refractivity contribution < 1.29 is 0 Å². The van der Waals surface area contributed by atoms with Crippen molar-refractivity contribution in [3.63, 3.8) is 0 Å². The first-order chi connectivity index (χ1) is 6.06. The van der Waals surface area contributed by atoms with Crippen LogP contribution in [0.1, 0.15) is 27.2 Å². The van der Waals surface area contributed by atoms with Gasteiger partial charge in [-0.1, -0.05) is 6.92 Å². The van der Waals surface area contributed by atoms with Crippen LogP contribution in [0.5, 0.6) is 0 Å². The summed E-state index contributed by atoms with van der Waals surface area (Å²) in [6, 6.07) is 0.277. The molecule has 0 atom stereocenters. The van der Waals surface area contributed by atoms with Crippen LogP contribution in [-0.2, 0) is 0 Å². The van der Waals surface area contributed by atoms with Crippen molar-refractivity contribution in [2.75, 3.05) is 6.54 Å². The first-order valence-electron chi connectivity index (χ1n) is 4.46. The van der Waals surface area contributed by atoms with Gasteiger partial charge >= 0.3 is 0 Å². The van der Waals surface area contributed by atoms with Crippen LogP contribution in [0.4, 0.5) is 0 Å². The first-order valence-corrected chi connectivity index (χ1v) is 4.46. The van der Waals surface area contributed by atoms with Crippen LogP contribution >= 0.6 is 0 Å². The molecule has 0 amide bonds. The second kappa shape index (κ2) is 6.28. The van der Waals surface area contributed by atoms with Crippen LogP contribution in [0.15, 0.2) is 9.98 Å². The van der Waals surface area contributed by atoms with Crippen LogP contribution in [0.3, 0.4) is 0 Å². The topological polar surface area (TPSA) is 88.8 Å². The highest BCUT2D eigenvalue weighted by atomic mass is 15.2. The lowest BCUT2D eigenvalue weighted by Crippen LogP contribution is -2.33. The van der Waals surface area contributed by atoms with Crippen LogP contribution in [0, 0.1) is 0 Å². The molecule has 0 bridgehead atoms. The number of nitrogens with one attached hydrogen (secondary N) is 1. The summed E-state index contributed by atoms with van der Waals surface area (Å²) in [5.74, 6) is 0.542. The fourth-order valence-corrected chi connectivity index (χ4v) is 0.711. The summed E-state index contributed by atoms with van der Waals surface area (Å²) < 4.78 is 0. The number of nitrogens with zero attached hydrogens (tertiary/aromatic N) is 2. The Morgan fingerprint density at radius 2 is 2.00 bits per heavy atom. The van der Waals surface area contributed by atoms with Gasteiger partial charge in [0.2, 0.25) is 5.96 Å². The quantitative estimate of drug-likeness (QED) is 0.428. The monoisotopic (exact) mass is 185 g/mol. The van der Waals surface area contributed by atoms with E-state index < -0.39 is 0 Å². The molecular formula is C8H19N5. The maximum Gasteiger partial charge on any atom is 0.221 e. The second-order valence-electron chi connectivity index (χ2n) is 3.04. The van der Waals surface area contributed by atoms with Gasteiger partial charge in [-0.3, -0.25) is 4.99 Å². The zero-order valence-corrected chi connectivity index (χ0v) is 8.54. The van der Waals surface area contributed by atoms with Gasteiger partial charge in [-0.2, -0.15) is 4.99 Å². The second-order valence-corrected chi connectivity index (χ2v) is 3.04. The highest BCUT2D eigenvalue weighted by molar-refractivity contribution is 5.93. The van der Waals surface area contributed by atoms with Crippen LogP contribution in [-0.4, -0.2) is 24.5 Å². The fraction of sp³-hybridized carbons (Fsp3) is 0.750. The molecule has 0 saturated carbocycles. The third-order valence-electron chi connectivity index (χ3n) is 1.14. The summed E-state index contributed by atoms with van der Waals surface area (Å²) in [4.78, 5) is 8.05. The van der Waals surface area contributed by atoms with Gasteiger partial charge in [0.1, 0.15) is 0 Å². The van der Waals surface area contributed by atoms with Gasteiger partial charge in [-0.25, -0.2) is 0 Å². The van der Waals surface area contributed by atoms with Crippen molar-refractivity contribution >= 4 is 11.9 Å². The molecule has 0 aromatic heterocycles. The lowest BCUT2D eigenvalue weighted by atomic mass is 10.4. The summed E-state index contributed by atoms with van der Waals surface area (Å²) in [7, 11) is 0. The van der Waals surface area contributed by atoms with Gasteiger partial charge in [0.15, 0.2) is 5.96 Å². The van der Waals surface area contributed by atoms with E-state index in [1.54, 1.807) is 0 Å². The van der Waals surface area contributed by atoms with Crippen LogP contribution < -0.4 is 16.8 Å². The molecule has 0 heterocycles. The molecule has 5 nitrogen and oxygen atoms in total. The van der Waals surface area contributed by atoms with Gasteiger partial charge in [-0.05, 0) is 20.3 Å². The van der Waals surface area contributed by atoms with Gasteiger partial charge < -0.3 is 16.8 Å². The maximum absolute atomic E-state index is 5.25. The van der Waals surface area contributed by atoms with Crippen molar-refractivity contribution in [1.29, 1.82) is 0 Å². The Morgan fingerprint density at radius 3 is 2.38 bits per heavy atom. The van der Waals surface area contributed by atoms with Crippen molar-refractivity contribution in [3.05, 3.63) is 0 Å². The first kappa shape index (κ1) is 11.7. The molecule has 0 fully saturated rings. The van der Waals surface area contributed by atoms with Crippen LogP contribution in [0.25, 0.3) is 0 Å². The highest BCUT2D eigenvalue weighted by Crippen LogP contribution is 1.85. The average molecular weight is 185 g/mol. The van der Waals surface area contributed by atoms with E-state index in [1.807, 2.05) is 20.8 Å². The van der Waals surface area contributed by atoms with E-state index in [2.05, 4.69) is 15.3 Å². The summed E-state index contributed by atoms with van der Waals surface area (Å²) in [6.45, 7) is 6.78. The van der Waals surface area contributed by atoms with Gasteiger partial charge in [0.05, 0.1) is 0 Å².